The van der Waals surface area contributed by atoms with Crippen molar-refractivity contribution in [1.82, 2.24) is 15.1 Å². The second kappa shape index (κ2) is 9.16. The van der Waals surface area contributed by atoms with Crippen LogP contribution in [0, 0.1) is 0 Å². The van der Waals surface area contributed by atoms with E-state index in [1.807, 2.05) is 23.7 Å². The minimum absolute atomic E-state index is 0.731. The highest BCUT2D eigenvalue weighted by Gasteiger charge is 2.11. The maximum atomic E-state index is 5.39. The number of nitrogens with zero attached hydrogens (tertiary/aromatic N) is 2. The van der Waals surface area contributed by atoms with E-state index in [4.69, 9.17) is 9.84 Å². The highest BCUT2D eigenvalue weighted by molar-refractivity contribution is 5.62. The van der Waals surface area contributed by atoms with E-state index in [2.05, 4.69) is 60.0 Å². The molecular weight excluding hydrogens is 310 g/mol. The van der Waals surface area contributed by atoms with Gasteiger partial charge in [0.15, 0.2) is 0 Å². The van der Waals surface area contributed by atoms with Crippen molar-refractivity contribution in [3.05, 3.63) is 78.0 Å². The highest BCUT2D eigenvalue weighted by Crippen LogP contribution is 2.22. The molecule has 1 N–H and O–H groups in total. The normalized spacial score (nSPS) is 10.9. The predicted molar refractivity (Wildman–Crippen MR) is 101 cm³/mol. The van der Waals surface area contributed by atoms with E-state index in [1.54, 1.807) is 0 Å². The third-order valence-electron chi connectivity index (χ3n) is 4.01. The molecule has 0 unspecified atom stereocenters. The lowest BCUT2D eigenvalue weighted by Crippen LogP contribution is -2.19. The van der Waals surface area contributed by atoms with Crippen molar-refractivity contribution in [3.8, 4) is 11.3 Å². The Bertz CT molecular complexity index is 753. The van der Waals surface area contributed by atoms with Crippen molar-refractivity contribution >= 4 is 0 Å². The maximum absolute atomic E-state index is 5.39. The van der Waals surface area contributed by atoms with Crippen LogP contribution in [-0.2, 0) is 17.8 Å². The van der Waals surface area contributed by atoms with E-state index >= 15 is 0 Å². The van der Waals surface area contributed by atoms with Crippen LogP contribution in [0.3, 0.4) is 0 Å². The first-order valence-electron chi connectivity index (χ1n) is 8.81. The third kappa shape index (κ3) is 5.02. The molecule has 0 saturated carbocycles. The lowest BCUT2D eigenvalue weighted by Gasteiger charge is -2.05. The van der Waals surface area contributed by atoms with Gasteiger partial charge in [0.05, 0.1) is 18.8 Å². The molecule has 0 aliphatic heterocycles. The van der Waals surface area contributed by atoms with Crippen molar-refractivity contribution in [2.24, 2.45) is 0 Å². The van der Waals surface area contributed by atoms with E-state index in [-0.39, 0.29) is 0 Å². The first-order chi connectivity index (χ1) is 12.4. The fourth-order valence-electron chi connectivity index (χ4n) is 2.79. The zero-order chi connectivity index (χ0) is 17.3. The van der Waals surface area contributed by atoms with Gasteiger partial charge in [-0.1, -0.05) is 60.7 Å². The molecule has 0 atom stereocenters. The SMILES string of the molecule is CCOCCNCc1cn(Cc2ccccc2)nc1-c1ccccc1. The molecule has 4 nitrogen and oxygen atoms in total. The molecule has 2 aromatic carbocycles. The van der Waals surface area contributed by atoms with Crippen LogP contribution >= 0.6 is 0 Å². The fraction of sp³-hybridized carbons (Fsp3) is 0.286. The van der Waals surface area contributed by atoms with E-state index in [1.165, 1.54) is 11.1 Å². The van der Waals surface area contributed by atoms with Crippen molar-refractivity contribution in [1.29, 1.82) is 0 Å². The molecule has 0 aliphatic rings. The van der Waals surface area contributed by atoms with Crippen LogP contribution in [0.15, 0.2) is 66.9 Å². The van der Waals surface area contributed by atoms with Gasteiger partial charge in [0.1, 0.15) is 0 Å². The van der Waals surface area contributed by atoms with Crippen LogP contribution in [0.1, 0.15) is 18.1 Å². The summed E-state index contributed by atoms with van der Waals surface area (Å²) in [6.07, 6.45) is 2.14. The summed E-state index contributed by atoms with van der Waals surface area (Å²) in [5.41, 5.74) is 4.65. The van der Waals surface area contributed by atoms with Crippen molar-refractivity contribution < 1.29 is 4.74 Å². The van der Waals surface area contributed by atoms with Gasteiger partial charge in [-0.3, -0.25) is 4.68 Å². The molecule has 3 rings (SSSR count). The second-order valence-electron chi connectivity index (χ2n) is 5.93. The van der Waals surface area contributed by atoms with E-state index in [0.717, 1.165) is 44.1 Å². The van der Waals surface area contributed by atoms with Gasteiger partial charge in [0, 0.05) is 37.0 Å². The van der Waals surface area contributed by atoms with Gasteiger partial charge in [0.25, 0.3) is 0 Å². The summed E-state index contributed by atoms with van der Waals surface area (Å²) >= 11 is 0. The van der Waals surface area contributed by atoms with Crippen molar-refractivity contribution in [3.63, 3.8) is 0 Å². The van der Waals surface area contributed by atoms with Gasteiger partial charge in [-0.2, -0.15) is 5.10 Å². The van der Waals surface area contributed by atoms with Crippen molar-refractivity contribution in [2.75, 3.05) is 19.8 Å². The standard InChI is InChI=1S/C21H25N3O/c1-2-25-14-13-22-15-20-17-24(16-18-9-5-3-6-10-18)23-21(20)19-11-7-4-8-12-19/h3-12,17,22H,2,13-16H2,1H3. The molecule has 0 saturated heterocycles. The first kappa shape index (κ1) is 17.4. The molecule has 0 aliphatic carbocycles. The number of ether oxygens (including phenoxy) is 1. The molecule has 0 amide bonds. The smallest absolute Gasteiger partial charge is 0.0968 e. The number of nitrogens with one attached hydrogen (secondary N) is 1. The minimum Gasteiger partial charge on any atom is -0.380 e. The summed E-state index contributed by atoms with van der Waals surface area (Å²) in [7, 11) is 0. The minimum atomic E-state index is 0.731. The summed E-state index contributed by atoms with van der Waals surface area (Å²) in [6, 6.07) is 20.8. The number of hydrogen-bond donors (Lipinski definition) is 1. The Morgan fingerprint density at radius 1 is 1.00 bits per heavy atom. The van der Waals surface area contributed by atoms with E-state index in [0.29, 0.717) is 0 Å². The monoisotopic (exact) mass is 335 g/mol. The van der Waals surface area contributed by atoms with Gasteiger partial charge in [0.2, 0.25) is 0 Å². The Labute approximate surface area is 149 Å². The molecule has 130 valence electrons. The van der Waals surface area contributed by atoms with E-state index < -0.39 is 0 Å². The molecule has 0 radical (unpaired) electrons. The Morgan fingerprint density at radius 3 is 2.44 bits per heavy atom. The largest absolute Gasteiger partial charge is 0.380 e. The lowest BCUT2D eigenvalue weighted by atomic mass is 10.1. The van der Waals surface area contributed by atoms with Crippen LogP contribution in [0.4, 0.5) is 0 Å². The average Bonchev–Trinajstić information content (AvgIpc) is 3.06. The summed E-state index contributed by atoms with van der Waals surface area (Å²) in [6.45, 7) is 5.90. The lowest BCUT2D eigenvalue weighted by molar-refractivity contribution is 0.149. The molecule has 1 aromatic heterocycles. The summed E-state index contributed by atoms with van der Waals surface area (Å²) in [4.78, 5) is 0. The van der Waals surface area contributed by atoms with Crippen LogP contribution in [-0.4, -0.2) is 29.5 Å². The van der Waals surface area contributed by atoms with Gasteiger partial charge in [-0.25, -0.2) is 0 Å². The zero-order valence-electron chi connectivity index (χ0n) is 14.7. The first-order valence-corrected chi connectivity index (χ1v) is 8.81. The number of hydrogen-bond acceptors (Lipinski definition) is 3. The number of aromatic nitrogens is 2. The summed E-state index contributed by atoms with van der Waals surface area (Å²) in [5.74, 6) is 0. The predicted octanol–water partition coefficient (Wildman–Crippen LogP) is 3.72. The molecular formula is C21H25N3O. The molecule has 1 heterocycles. The van der Waals surface area contributed by atoms with Gasteiger partial charge < -0.3 is 10.1 Å². The van der Waals surface area contributed by atoms with Gasteiger partial charge in [-0.05, 0) is 12.5 Å². The van der Waals surface area contributed by atoms with Gasteiger partial charge in [-0.15, -0.1) is 0 Å². The number of rotatable bonds is 9. The summed E-state index contributed by atoms with van der Waals surface area (Å²) < 4.78 is 7.41. The maximum Gasteiger partial charge on any atom is 0.0968 e. The van der Waals surface area contributed by atoms with Crippen LogP contribution < -0.4 is 5.32 Å². The molecule has 3 aromatic rings. The molecule has 4 heteroatoms. The Hall–Kier alpha value is -2.43. The van der Waals surface area contributed by atoms with Crippen LogP contribution in [0.2, 0.25) is 0 Å². The summed E-state index contributed by atoms with van der Waals surface area (Å²) in [5, 5.41) is 8.28. The second-order valence-corrected chi connectivity index (χ2v) is 5.93. The van der Waals surface area contributed by atoms with Crippen LogP contribution in [0.5, 0.6) is 0 Å². The topological polar surface area (TPSA) is 39.1 Å². The molecule has 0 fully saturated rings. The Balaban J connectivity index is 1.76. The number of benzene rings is 2. The highest BCUT2D eigenvalue weighted by atomic mass is 16.5. The average molecular weight is 335 g/mol. The molecule has 25 heavy (non-hydrogen) atoms. The van der Waals surface area contributed by atoms with Crippen LogP contribution in [0.25, 0.3) is 11.3 Å². The molecule has 0 spiro atoms. The fourth-order valence-corrected chi connectivity index (χ4v) is 2.79. The van der Waals surface area contributed by atoms with Gasteiger partial charge >= 0.3 is 0 Å². The Morgan fingerprint density at radius 2 is 1.72 bits per heavy atom. The van der Waals surface area contributed by atoms with Crippen molar-refractivity contribution in [2.45, 2.75) is 20.0 Å². The quantitative estimate of drug-likeness (QED) is 0.606. The Kier molecular flexibility index (Phi) is 6.37. The third-order valence-corrected chi connectivity index (χ3v) is 4.01. The molecule has 0 bridgehead atoms. The zero-order valence-corrected chi connectivity index (χ0v) is 14.7. The van der Waals surface area contributed by atoms with E-state index in [9.17, 15) is 0 Å².